The summed E-state index contributed by atoms with van der Waals surface area (Å²) < 4.78 is 27.5. The second-order valence-electron chi connectivity index (χ2n) is 4.05. The number of sulfonamides is 1. The third-order valence-corrected chi connectivity index (χ3v) is 4.48. The van der Waals surface area contributed by atoms with Crippen molar-refractivity contribution in [2.24, 2.45) is 0 Å². The average molecular weight is 348 g/mol. The number of aryl methyl sites for hydroxylation is 1. The van der Waals surface area contributed by atoms with Gasteiger partial charge in [-0.15, -0.1) is 0 Å². The number of rotatable bonds is 4. The maximum Gasteiger partial charge on any atom is 0.284 e. The van der Waals surface area contributed by atoms with Crippen LogP contribution in [0, 0.1) is 0 Å². The number of benzene rings is 1. The molecule has 0 aliphatic heterocycles. The first-order valence-electron chi connectivity index (χ1n) is 5.89. The van der Waals surface area contributed by atoms with Gasteiger partial charge in [0, 0.05) is 11.6 Å². The molecule has 112 valence electrons. The molecule has 0 unspecified atom stereocenters. The Hall–Kier alpha value is -1.57. The van der Waals surface area contributed by atoms with E-state index in [1.807, 2.05) is 4.72 Å². The average Bonchev–Trinajstić information content (AvgIpc) is 2.79. The first-order valence-corrected chi connectivity index (χ1v) is 8.13. The molecule has 2 aromatic rings. The summed E-state index contributed by atoms with van der Waals surface area (Å²) in [5.41, 5.74) is -0.00947. The fraction of sp³-hybridized carbons (Fsp3) is 0.167. The number of hydrogen-bond donors (Lipinski definition) is 1. The third kappa shape index (κ3) is 3.37. The summed E-state index contributed by atoms with van der Waals surface area (Å²) in [4.78, 5) is 12.0. The molecule has 0 fully saturated rings. The number of aromatic nitrogens is 2. The number of hydrogen-bond acceptors (Lipinski definition) is 4. The summed E-state index contributed by atoms with van der Waals surface area (Å²) in [5.74, 6) is -0.848. The van der Waals surface area contributed by atoms with Crippen LogP contribution < -0.4 is 4.72 Å². The largest absolute Gasteiger partial charge is 0.284 e. The number of nitrogens with zero attached hydrogens (tertiary/aromatic N) is 2. The van der Waals surface area contributed by atoms with Crippen LogP contribution in [-0.4, -0.2) is 24.1 Å². The molecule has 0 bridgehead atoms. The summed E-state index contributed by atoms with van der Waals surface area (Å²) in [6, 6.07) is 5.59. The molecule has 2 rings (SSSR count). The maximum atomic E-state index is 12.1. The Morgan fingerprint density at radius 2 is 2.10 bits per heavy atom. The van der Waals surface area contributed by atoms with E-state index < -0.39 is 15.9 Å². The lowest BCUT2D eigenvalue weighted by Crippen LogP contribution is -2.32. The number of nitrogens with one attached hydrogen (secondary N) is 1. The normalized spacial score (nSPS) is 11.4. The Balaban J connectivity index is 2.32. The molecule has 6 nitrogen and oxygen atoms in total. The Bertz CT molecular complexity index is 787. The minimum Gasteiger partial charge on any atom is -0.266 e. The van der Waals surface area contributed by atoms with E-state index in [9.17, 15) is 13.2 Å². The van der Waals surface area contributed by atoms with Gasteiger partial charge in [-0.05, 0) is 25.1 Å². The Morgan fingerprint density at radius 3 is 2.71 bits per heavy atom. The number of carbonyl (C=O) groups excluding carboxylic acids is 1. The summed E-state index contributed by atoms with van der Waals surface area (Å²) in [7, 11) is -4.03. The fourth-order valence-corrected chi connectivity index (χ4v) is 3.17. The van der Waals surface area contributed by atoms with Crippen LogP contribution in [0.5, 0.6) is 0 Å². The molecule has 0 spiro atoms. The maximum absolute atomic E-state index is 12.1. The van der Waals surface area contributed by atoms with E-state index in [1.54, 1.807) is 6.92 Å². The molecule has 0 saturated carbocycles. The first-order chi connectivity index (χ1) is 9.85. The van der Waals surface area contributed by atoms with Gasteiger partial charge >= 0.3 is 0 Å². The molecule has 1 heterocycles. The predicted molar refractivity (Wildman–Crippen MR) is 79.0 cm³/mol. The van der Waals surface area contributed by atoms with Crippen LogP contribution in [0.3, 0.4) is 0 Å². The van der Waals surface area contributed by atoms with Crippen molar-refractivity contribution in [3.63, 3.8) is 0 Å². The second kappa shape index (κ2) is 6.05. The number of amides is 1. The highest BCUT2D eigenvalue weighted by Gasteiger charge is 2.23. The van der Waals surface area contributed by atoms with Gasteiger partial charge in [0.05, 0.1) is 16.1 Å². The Morgan fingerprint density at radius 1 is 1.38 bits per heavy atom. The summed E-state index contributed by atoms with van der Waals surface area (Å²) in [5, 5.41) is 4.21. The summed E-state index contributed by atoms with van der Waals surface area (Å²) in [6.45, 7) is 2.14. The molecule has 0 radical (unpaired) electrons. The smallest absolute Gasteiger partial charge is 0.266 e. The topological polar surface area (TPSA) is 81.1 Å². The molecule has 1 N–H and O–H groups in total. The van der Waals surface area contributed by atoms with Gasteiger partial charge < -0.3 is 0 Å². The molecule has 0 saturated heterocycles. The monoisotopic (exact) mass is 347 g/mol. The van der Waals surface area contributed by atoms with Crippen molar-refractivity contribution in [3.05, 3.63) is 46.2 Å². The van der Waals surface area contributed by atoms with Gasteiger partial charge in [0.25, 0.3) is 15.9 Å². The second-order valence-corrected chi connectivity index (χ2v) is 6.57. The lowest BCUT2D eigenvalue weighted by molar-refractivity contribution is 0.0971. The SMILES string of the molecule is CCn1ncc(Cl)c1C(=O)NS(=O)(=O)c1cccc(Cl)c1. The van der Waals surface area contributed by atoms with Crippen LogP contribution in [0.25, 0.3) is 0 Å². The van der Waals surface area contributed by atoms with Gasteiger partial charge in [0.1, 0.15) is 5.69 Å². The highest BCUT2D eigenvalue weighted by molar-refractivity contribution is 7.90. The van der Waals surface area contributed by atoms with E-state index in [2.05, 4.69) is 5.10 Å². The van der Waals surface area contributed by atoms with E-state index in [-0.39, 0.29) is 20.6 Å². The van der Waals surface area contributed by atoms with Crippen LogP contribution in [0.15, 0.2) is 35.4 Å². The molecule has 0 aliphatic carbocycles. The summed E-state index contributed by atoms with van der Waals surface area (Å²) in [6.07, 6.45) is 1.28. The predicted octanol–water partition coefficient (Wildman–Crippen LogP) is 2.33. The van der Waals surface area contributed by atoms with Crippen molar-refractivity contribution in [2.75, 3.05) is 0 Å². The van der Waals surface area contributed by atoms with Crippen molar-refractivity contribution in [2.45, 2.75) is 18.4 Å². The zero-order valence-electron chi connectivity index (χ0n) is 10.9. The molecule has 21 heavy (non-hydrogen) atoms. The molecule has 9 heteroatoms. The quantitative estimate of drug-likeness (QED) is 0.920. The van der Waals surface area contributed by atoms with E-state index in [0.717, 1.165) is 0 Å². The minimum atomic E-state index is -4.03. The van der Waals surface area contributed by atoms with Crippen LogP contribution in [0.4, 0.5) is 0 Å². The highest BCUT2D eigenvalue weighted by atomic mass is 35.5. The van der Waals surface area contributed by atoms with Crippen molar-refractivity contribution in [3.8, 4) is 0 Å². The lowest BCUT2D eigenvalue weighted by atomic mass is 10.4. The van der Waals surface area contributed by atoms with Gasteiger partial charge in [-0.2, -0.15) is 5.10 Å². The summed E-state index contributed by atoms with van der Waals surface area (Å²) >= 11 is 11.6. The van der Waals surface area contributed by atoms with E-state index in [4.69, 9.17) is 23.2 Å². The van der Waals surface area contributed by atoms with Crippen LogP contribution in [-0.2, 0) is 16.6 Å². The zero-order valence-corrected chi connectivity index (χ0v) is 13.2. The molecular weight excluding hydrogens is 337 g/mol. The Labute approximate surface area is 131 Å². The van der Waals surface area contributed by atoms with Crippen molar-refractivity contribution < 1.29 is 13.2 Å². The van der Waals surface area contributed by atoms with E-state index >= 15 is 0 Å². The molecule has 0 aliphatic rings. The molecular formula is C12H11Cl2N3O3S. The standard InChI is InChI=1S/C12H11Cl2N3O3S/c1-2-17-11(10(14)7-15-17)12(18)16-21(19,20)9-5-3-4-8(13)6-9/h3-7H,2H2,1H3,(H,16,18). The van der Waals surface area contributed by atoms with Gasteiger partial charge in [0.2, 0.25) is 0 Å². The van der Waals surface area contributed by atoms with Crippen molar-refractivity contribution in [1.82, 2.24) is 14.5 Å². The Kier molecular flexibility index (Phi) is 4.55. The number of halogens is 2. The highest BCUT2D eigenvalue weighted by Crippen LogP contribution is 2.18. The first kappa shape index (κ1) is 15.8. The van der Waals surface area contributed by atoms with Crippen molar-refractivity contribution in [1.29, 1.82) is 0 Å². The molecule has 1 amide bonds. The lowest BCUT2D eigenvalue weighted by Gasteiger charge is -2.08. The van der Waals surface area contributed by atoms with Crippen LogP contribution >= 0.6 is 23.2 Å². The van der Waals surface area contributed by atoms with E-state index in [0.29, 0.717) is 6.54 Å². The van der Waals surface area contributed by atoms with Crippen molar-refractivity contribution >= 4 is 39.1 Å². The molecule has 1 aromatic carbocycles. The van der Waals surface area contributed by atoms with Gasteiger partial charge in [0.15, 0.2) is 0 Å². The minimum absolute atomic E-state index is 0.00947. The fourth-order valence-electron chi connectivity index (χ4n) is 1.69. The zero-order chi connectivity index (χ0) is 15.6. The number of carbonyl (C=O) groups is 1. The van der Waals surface area contributed by atoms with E-state index in [1.165, 1.54) is 35.1 Å². The molecule has 0 atom stereocenters. The van der Waals surface area contributed by atoms with Crippen LogP contribution in [0.2, 0.25) is 10.0 Å². The van der Waals surface area contributed by atoms with Gasteiger partial charge in [-0.1, -0.05) is 29.3 Å². The van der Waals surface area contributed by atoms with Crippen LogP contribution in [0.1, 0.15) is 17.4 Å². The molecule has 1 aromatic heterocycles. The van der Waals surface area contributed by atoms with Gasteiger partial charge in [-0.3, -0.25) is 9.48 Å². The van der Waals surface area contributed by atoms with Gasteiger partial charge in [-0.25, -0.2) is 13.1 Å². The third-order valence-electron chi connectivity index (χ3n) is 2.64.